The summed E-state index contributed by atoms with van der Waals surface area (Å²) in [5.41, 5.74) is 8.87. The van der Waals surface area contributed by atoms with Gasteiger partial charge in [0.15, 0.2) is 5.82 Å². The third-order valence-corrected chi connectivity index (χ3v) is 4.97. The van der Waals surface area contributed by atoms with Crippen LogP contribution in [-0.4, -0.2) is 55.2 Å². The second-order valence-corrected chi connectivity index (χ2v) is 6.73. The Kier molecular flexibility index (Phi) is 5.08. The van der Waals surface area contributed by atoms with E-state index in [9.17, 15) is 0 Å². The Morgan fingerprint density at radius 1 is 1.16 bits per heavy atom. The number of aromatic nitrogens is 2. The zero-order chi connectivity index (χ0) is 18.0. The van der Waals surface area contributed by atoms with Gasteiger partial charge < -0.3 is 20.3 Å². The highest BCUT2D eigenvalue weighted by atomic mass is 16.5. The van der Waals surface area contributed by atoms with Gasteiger partial charge in [0.05, 0.1) is 12.8 Å². The third kappa shape index (κ3) is 3.69. The number of nitrogen functional groups attached to an aromatic ring is 1. The Bertz CT molecular complexity index is 723. The molecule has 0 atom stereocenters. The predicted molar refractivity (Wildman–Crippen MR) is 102 cm³/mol. The summed E-state index contributed by atoms with van der Waals surface area (Å²) in [5.74, 6) is 2.37. The van der Waals surface area contributed by atoms with Crippen LogP contribution >= 0.6 is 0 Å². The molecule has 0 spiro atoms. The summed E-state index contributed by atoms with van der Waals surface area (Å²) in [6.45, 7) is 4.12. The number of anilines is 2. The van der Waals surface area contributed by atoms with E-state index < -0.39 is 0 Å². The van der Waals surface area contributed by atoms with Crippen LogP contribution in [0.25, 0.3) is 11.3 Å². The molecule has 6 heteroatoms. The van der Waals surface area contributed by atoms with E-state index in [1.54, 1.807) is 7.11 Å². The molecule has 1 aromatic carbocycles. The fourth-order valence-corrected chi connectivity index (χ4v) is 3.36. The lowest BCUT2D eigenvalue weighted by atomic mass is 10.0. The first-order chi connectivity index (χ1) is 12.0. The number of ether oxygens (including phenoxy) is 1. The van der Waals surface area contributed by atoms with Crippen molar-refractivity contribution < 1.29 is 4.74 Å². The Balaban J connectivity index is 1.93. The van der Waals surface area contributed by atoms with E-state index in [0.717, 1.165) is 54.6 Å². The molecule has 3 rings (SSSR count). The van der Waals surface area contributed by atoms with Gasteiger partial charge in [-0.1, -0.05) is 0 Å². The molecule has 2 aromatic rings. The fraction of sp³-hybridized carbons (Fsp3) is 0.474. The first-order valence-corrected chi connectivity index (χ1v) is 8.69. The van der Waals surface area contributed by atoms with Crippen molar-refractivity contribution in [2.45, 2.75) is 25.8 Å². The molecule has 0 aliphatic carbocycles. The highest BCUT2D eigenvalue weighted by Gasteiger charge is 2.24. The van der Waals surface area contributed by atoms with Crippen LogP contribution in [0.15, 0.2) is 24.3 Å². The van der Waals surface area contributed by atoms with Crippen LogP contribution in [0.1, 0.15) is 18.7 Å². The molecule has 0 radical (unpaired) electrons. The maximum absolute atomic E-state index is 6.48. The first-order valence-electron chi connectivity index (χ1n) is 8.69. The average molecular weight is 341 g/mol. The number of benzene rings is 1. The molecule has 0 saturated carbocycles. The standard InChI is InChI=1S/C19H27N5O/c1-13-21-18(14-5-7-16(25-4)8-6-14)17(20)19(22-13)24(3)15-9-11-23(2)12-10-15/h5-8,15H,9-12,20H2,1-4H3. The number of nitrogens with two attached hydrogens (primary N) is 1. The summed E-state index contributed by atoms with van der Waals surface area (Å²) in [4.78, 5) is 13.8. The topological polar surface area (TPSA) is 67.5 Å². The fourth-order valence-electron chi connectivity index (χ4n) is 3.36. The monoisotopic (exact) mass is 341 g/mol. The Hall–Kier alpha value is -2.34. The minimum Gasteiger partial charge on any atom is -0.497 e. The number of aryl methyl sites for hydroxylation is 1. The minimum absolute atomic E-state index is 0.455. The Morgan fingerprint density at radius 3 is 2.40 bits per heavy atom. The number of nitrogens with zero attached hydrogens (tertiary/aromatic N) is 4. The molecule has 0 amide bonds. The van der Waals surface area contributed by atoms with Crippen LogP contribution in [0.5, 0.6) is 5.75 Å². The largest absolute Gasteiger partial charge is 0.497 e. The SMILES string of the molecule is COc1ccc(-c2nc(C)nc(N(C)C3CCN(C)CC3)c2N)cc1. The lowest BCUT2D eigenvalue weighted by Gasteiger charge is -2.36. The number of likely N-dealkylation sites (tertiary alicyclic amines) is 1. The van der Waals surface area contributed by atoms with Crippen LogP contribution in [0, 0.1) is 6.92 Å². The van der Waals surface area contributed by atoms with Gasteiger partial charge in [0.25, 0.3) is 0 Å². The first kappa shape index (κ1) is 17.5. The smallest absolute Gasteiger partial charge is 0.156 e. The number of piperidine rings is 1. The minimum atomic E-state index is 0.455. The maximum atomic E-state index is 6.48. The lowest BCUT2D eigenvalue weighted by Crippen LogP contribution is -2.42. The molecule has 1 aliphatic heterocycles. The van der Waals surface area contributed by atoms with E-state index >= 15 is 0 Å². The second kappa shape index (κ2) is 7.27. The molecule has 1 aromatic heterocycles. The Morgan fingerprint density at radius 2 is 1.80 bits per heavy atom. The van der Waals surface area contributed by atoms with Gasteiger partial charge in [-0.15, -0.1) is 0 Å². The van der Waals surface area contributed by atoms with Gasteiger partial charge in [-0.3, -0.25) is 0 Å². The Labute approximate surface area is 149 Å². The number of rotatable bonds is 4. The highest BCUT2D eigenvalue weighted by Crippen LogP contribution is 2.33. The van der Waals surface area contributed by atoms with E-state index in [1.807, 2.05) is 31.2 Å². The molecule has 0 bridgehead atoms. The van der Waals surface area contributed by atoms with Gasteiger partial charge in [-0.2, -0.15) is 0 Å². The van der Waals surface area contributed by atoms with E-state index in [0.29, 0.717) is 11.7 Å². The normalized spacial score (nSPS) is 16.0. The molecule has 134 valence electrons. The summed E-state index contributed by atoms with van der Waals surface area (Å²) in [5, 5.41) is 0. The molecule has 2 N–H and O–H groups in total. The molecule has 1 saturated heterocycles. The summed E-state index contributed by atoms with van der Waals surface area (Å²) < 4.78 is 5.23. The van der Waals surface area contributed by atoms with Crippen LogP contribution < -0.4 is 15.4 Å². The molecule has 1 fully saturated rings. The summed E-state index contributed by atoms with van der Waals surface area (Å²) in [6.07, 6.45) is 2.24. The molecular formula is C19H27N5O. The zero-order valence-electron chi connectivity index (χ0n) is 15.5. The van der Waals surface area contributed by atoms with E-state index in [4.69, 9.17) is 10.5 Å². The van der Waals surface area contributed by atoms with Crippen molar-refractivity contribution in [2.24, 2.45) is 0 Å². The summed E-state index contributed by atoms with van der Waals surface area (Å²) in [6, 6.07) is 8.27. The van der Waals surface area contributed by atoms with Gasteiger partial charge in [0.1, 0.15) is 17.3 Å². The van der Waals surface area contributed by atoms with Gasteiger partial charge in [0, 0.05) is 18.7 Å². The van der Waals surface area contributed by atoms with Crippen LogP contribution in [0.3, 0.4) is 0 Å². The van der Waals surface area contributed by atoms with E-state index in [2.05, 4.69) is 33.9 Å². The van der Waals surface area contributed by atoms with Gasteiger partial charge >= 0.3 is 0 Å². The summed E-state index contributed by atoms with van der Waals surface area (Å²) in [7, 11) is 5.92. The molecular weight excluding hydrogens is 314 g/mol. The van der Waals surface area contributed by atoms with Crippen molar-refractivity contribution >= 4 is 11.5 Å². The average Bonchev–Trinajstić information content (AvgIpc) is 2.63. The predicted octanol–water partition coefficient (Wildman–Crippen LogP) is 2.57. The number of hydrogen-bond donors (Lipinski definition) is 1. The lowest BCUT2D eigenvalue weighted by molar-refractivity contribution is 0.252. The highest BCUT2D eigenvalue weighted by molar-refractivity contribution is 5.81. The van der Waals surface area contributed by atoms with Crippen molar-refractivity contribution in [1.82, 2.24) is 14.9 Å². The van der Waals surface area contributed by atoms with E-state index in [1.165, 1.54) is 0 Å². The van der Waals surface area contributed by atoms with Crippen LogP contribution in [0.4, 0.5) is 11.5 Å². The molecule has 2 heterocycles. The van der Waals surface area contributed by atoms with E-state index in [-0.39, 0.29) is 0 Å². The van der Waals surface area contributed by atoms with Gasteiger partial charge in [0.2, 0.25) is 0 Å². The molecule has 1 aliphatic rings. The van der Waals surface area contributed by atoms with Crippen molar-refractivity contribution in [3.8, 4) is 17.0 Å². The quantitative estimate of drug-likeness (QED) is 0.922. The van der Waals surface area contributed by atoms with Crippen molar-refractivity contribution in [3.05, 3.63) is 30.1 Å². The van der Waals surface area contributed by atoms with Crippen LogP contribution in [-0.2, 0) is 0 Å². The van der Waals surface area contributed by atoms with Crippen LogP contribution in [0.2, 0.25) is 0 Å². The number of methoxy groups -OCH3 is 1. The van der Waals surface area contributed by atoms with Crippen molar-refractivity contribution in [3.63, 3.8) is 0 Å². The molecule has 0 unspecified atom stereocenters. The molecule has 25 heavy (non-hydrogen) atoms. The van der Waals surface area contributed by atoms with Gasteiger partial charge in [-0.05, 0) is 64.2 Å². The third-order valence-electron chi connectivity index (χ3n) is 4.97. The second-order valence-electron chi connectivity index (χ2n) is 6.73. The zero-order valence-corrected chi connectivity index (χ0v) is 15.5. The maximum Gasteiger partial charge on any atom is 0.156 e. The molecule has 6 nitrogen and oxygen atoms in total. The summed E-state index contributed by atoms with van der Waals surface area (Å²) >= 11 is 0. The van der Waals surface area contributed by atoms with Crippen molar-refractivity contribution in [2.75, 3.05) is 44.9 Å². The number of hydrogen-bond acceptors (Lipinski definition) is 6. The van der Waals surface area contributed by atoms with Gasteiger partial charge in [-0.25, -0.2) is 9.97 Å². The van der Waals surface area contributed by atoms with Crippen molar-refractivity contribution in [1.29, 1.82) is 0 Å².